The highest BCUT2D eigenvalue weighted by Crippen LogP contribution is 2.35. The molecule has 0 amide bonds. The van der Waals surface area contributed by atoms with E-state index in [1.165, 1.54) is 6.42 Å². The lowest BCUT2D eigenvalue weighted by Gasteiger charge is -2.36. The molecule has 0 unspecified atom stereocenters. The molecule has 102 valence electrons. The molecule has 1 saturated heterocycles. The fourth-order valence-corrected chi connectivity index (χ4v) is 2.92. The van der Waals surface area contributed by atoms with E-state index in [-0.39, 0.29) is 0 Å². The highest BCUT2D eigenvalue weighted by molar-refractivity contribution is 5.77. The van der Waals surface area contributed by atoms with Crippen molar-refractivity contribution in [3.63, 3.8) is 0 Å². The van der Waals surface area contributed by atoms with Gasteiger partial charge < -0.3 is 14.4 Å². The topological polar surface area (TPSA) is 36.6 Å². The molecule has 0 atom stereocenters. The standard InChI is InChI=1S/C16H21NO2/c1-2-9-17-10-7-16(18,8-11-17)15-12-13-5-3-4-6-14(13)19-15/h3-6,12,18H,2,7-11H2,1H3. The Hall–Kier alpha value is -1.32. The number of hydrogen-bond donors (Lipinski definition) is 1. The van der Waals surface area contributed by atoms with Gasteiger partial charge in [-0.2, -0.15) is 0 Å². The van der Waals surface area contributed by atoms with Gasteiger partial charge in [0.1, 0.15) is 16.9 Å². The first-order valence-corrected chi connectivity index (χ1v) is 7.15. The van der Waals surface area contributed by atoms with Crippen molar-refractivity contribution in [3.05, 3.63) is 36.1 Å². The molecule has 0 aliphatic carbocycles. The van der Waals surface area contributed by atoms with Crippen LogP contribution in [0.4, 0.5) is 0 Å². The Morgan fingerprint density at radius 1 is 1.26 bits per heavy atom. The molecule has 1 N–H and O–H groups in total. The summed E-state index contributed by atoms with van der Waals surface area (Å²) < 4.78 is 5.84. The highest BCUT2D eigenvalue weighted by Gasteiger charge is 2.36. The van der Waals surface area contributed by atoms with Crippen molar-refractivity contribution in [2.75, 3.05) is 19.6 Å². The van der Waals surface area contributed by atoms with Crippen LogP contribution in [0.1, 0.15) is 31.9 Å². The zero-order chi connectivity index (χ0) is 13.3. The quantitative estimate of drug-likeness (QED) is 0.920. The zero-order valence-electron chi connectivity index (χ0n) is 11.4. The first-order chi connectivity index (χ1) is 9.21. The largest absolute Gasteiger partial charge is 0.458 e. The Labute approximate surface area is 113 Å². The number of fused-ring (bicyclic) bond motifs is 1. The lowest BCUT2D eigenvalue weighted by molar-refractivity contribution is -0.0409. The number of benzene rings is 1. The van der Waals surface area contributed by atoms with Crippen LogP contribution < -0.4 is 0 Å². The maximum absolute atomic E-state index is 10.8. The first-order valence-electron chi connectivity index (χ1n) is 7.15. The Bertz CT molecular complexity index is 520. The highest BCUT2D eigenvalue weighted by atomic mass is 16.4. The maximum Gasteiger partial charge on any atom is 0.136 e. The Kier molecular flexibility index (Phi) is 3.33. The van der Waals surface area contributed by atoms with Crippen molar-refractivity contribution in [2.24, 2.45) is 0 Å². The van der Waals surface area contributed by atoms with Crippen molar-refractivity contribution in [2.45, 2.75) is 31.8 Å². The van der Waals surface area contributed by atoms with E-state index in [0.717, 1.165) is 49.2 Å². The van der Waals surface area contributed by atoms with E-state index in [2.05, 4.69) is 11.8 Å². The molecule has 0 saturated carbocycles. The molecule has 1 aromatic heterocycles. The molecule has 1 aliphatic rings. The van der Waals surface area contributed by atoms with Crippen LogP contribution in [0.25, 0.3) is 11.0 Å². The van der Waals surface area contributed by atoms with Crippen LogP contribution in [0.15, 0.2) is 34.7 Å². The van der Waals surface area contributed by atoms with Gasteiger partial charge in [-0.05, 0) is 37.9 Å². The molecule has 0 spiro atoms. The van der Waals surface area contributed by atoms with Crippen LogP contribution in [0.2, 0.25) is 0 Å². The third kappa shape index (κ3) is 2.40. The van der Waals surface area contributed by atoms with Crippen molar-refractivity contribution >= 4 is 11.0 Å². The van der Waals surface area contributed by atoms with Gasteiger partial charge in [-0.1, -0.05) is 25.1 Å². The van der Waals surface area contributed by atoms with Gasteiger partial charge in [0.15, 0.2) is 0 Å². The number of rotatable bonds is 3. The average molecular weight is 259 g/mol. The van der Waals surface area contributed by atoms with Gasteiger partial charge in [0.25, 0.3) is 0 Å². The van der Waals surface area contributed by atoms with E-state index in [4.69, 9.17) is 4.42 Å². The molecule has 1 aromatic carbocycles. The lowest BCUT2D eigenvalue weighted by Crippen LogP contribution is -2.42. The van der Waals surface area contributed by atoms with E-state index >= 15 is 0 Å². The molecule has 3 rings (SSSR count). The third-order valence-corrected chi connectivity index (χ3v) is 4.11. The molecule has 0 radical (unpaired) electrons. The molecule has 3 nitrogen and oxygen atoms in total. The van der Waals surface area contributed by atoms with E-state index in [9.17, 15) is 5.11 Å². The molecule has 2 heterocycles. The number of aliphatic hydroxyl groups is 1. The molecular weight excluding hydrogens is 238 g/mol. The van der Waals surface area contributed by atoms with Crippen LogP contribution in [-0.2, 0) is 5.60 Å². The third-order valence-electron chi connectivity index (χ3n) is 4.11. The van der Waals surface area contributed by atoms with Crippen LogP contribution in [0.5, 0.6) is 0 Å². The van der Waals surface area contributed by atoms with Gasteiger partial charge >= 0.3 is 0 Å². The number of likely N-dealkylation sites (tertiary alicyclic amines) is 1. The summed E-state index contributed by atoms with van der Waals surface area (Å²) in [6.45, 7) is 5.21. The van der Waals surface area contributed by atoms with Gasteiger partial charge in [0, 0.05) is 18.5 Å². The summed E-state index contributed by atoms with van der Waals surface area (Å²) in [5.41, 5.74) is 0.0745. The fourth-order valence-electron chi connectivity index (χ4n) is 2.92. The molecule has 1 aliphatic heterocycles. The summed E-state index contributed by atoms with van der Waals surface area (Å²) in [5.74, 6) is 0.727. The predicted octanol–water partition coefficient (Wildman–Crippen LogP) is 3.13. The summed E-state index contributed by atoms with van der Waals surface area (Å²) >= 11 is 0. The van der Waals surface area contributed by atoms with Crippen molar-refractivity contribution < 1.29 is 9.52 Å². The van der Waals surface area contributed by atoms with Crippen LogP contribution in [0, 0.1) is 0 Å². The SMILES string of the molecule is CCCN1CCC(O)(c2cc3ccccc3o2)CC1. The smallest absolute Gasteiger partial charge is 0.136 e. The number of nitrogens with zero attached hydrogens (tertiary/aromatic N) is 1. The molecule has 19 heavy (non-hydrogen) atoms. The summed E-state index contributed by atoms with van der Waals surface area (Å²) in [4.78, 5) is 2.41. The van der Waals surface area contributed by atoms with Gasteiger partial charge in [0.2, 0.25) is 0 Å². The zero-order valence-corrected chi connectivity index (χ0v) is 11.4. The van der Waals surface area contributed by atoms with E-state index in [1.54, 1.807) is 0 Å². The number of piperidine rings is 1. The van der Waals surface area contributed by atoms with Crippen molar-refractivity contribution in [1.29, 1.82) is 0 Å². The van der Waals surface area contributed by atoms with Gasteiger partial charge in [-0.25, -0.2) is 0 Å². The van der Waals surface area contributed by atoms with Crippen LogP contribution >= 0.6 is 0 Å². The number of hydrogen-bond acceptors (Lipinski definition) is 3. The second-order valence-electron chi connectivity index (χ2n) is 5.52. The van der Waals surface area contributed by atoms with Crippen molar-refractivity contribution in [3.8, 4) is 0 Å². The molecule has 1 fully saturated rings. The number of furan rings is 1. The van der Waals surface area contributed by atoms with Gasteiger partial charge in [-0.15, -0.1) is 0 Å². The average Bonchev–Trinajstić information content (AvgIpc) is 2.86. The fraction of sp³-hybridized carbons (Fsp3) is 0.500. The van der Waals surface area contributed by atoms with Crippen LogP contribution in [0.3, 0.4) is 0 Å². The van der Waals surface area contributed by atoms with Gasteiger partial charge in [0.05, 0.1) is 0 Å². The number of para-hydroxylation sites is 1. The summed E-state index contributed by atoms with van der Waals surface area (Å²) in [5, 5.41) is 11.9. The molecule has 0 bridgehead atoms. The summed E-state index contributed by atoms with van der Waals surface area (Å²) in [6.07, 6.45) is 2.68. The van der Waals surface area contributed by atoms with Gasteiger partial charge in [-0.3, -0.25) is 0 Å². The Morgan fingerprint density at radius 2 is 2.00 bits per heavy atom. The summed E-state index contributed by atoms with van der Waals surface area (Å²) in [7, 11) is 0. The monoisotopic (exact) mass is 259 g/mol. The Balaban J connectivity index is 1.81. The minimum Gasteiger partial charge on any atom is -0.458 e. The molecule has 2 aromatic rings. The first kappa shape index (κ1) is 12.7. The lowest BCUT2D eigenvalue weighted by atomic mass is 9.89. The normalized spacial score (nSPS) is 19.9. The minimum atomic E-state index is -0.788. The second-order valence-corrected chi connectivity index (χ2v) is 5.52. The Morgan fingerprint density at radius 3 is 2.68 bits per heavy atom. The van der Waals surface area contributed by atoms with Crippen LogP contribution in [-0.4, -0.2) is 29.6 Å². The predicted molar refractivity (Wildman–Crippen MR) is 76.1 cm³/mol. The molecule has 3 heteroatoms. The summed E-state index contributed by atoms with van der Waals surface area (Å²) in [6, 6.07) is 9.93. The van der Waals surface area contributed by atoms with E-state index in [0.29, 0.717) is 0 Å². The van der Waals surface area contributed by atoms with E-state index in [1.807, 2.05) is 30.3 Å². The van der Waals surface area contributed by atoms with E-state index < -0.39 is 5.60 Å². The second kappa shape index (κ2) is 4.99. The molecular formula is C16H21NO2. The minimum absolute atomic E-state index is 0.727. The maximum atomic E-state index is 10.8. The van der Waals surface area contributed by atoms with Crippen molar-refractivity contribution in [1.82, 2.24) is 4.90 Å².